The molecule has 1 fully saturated rings. The summed E-state index contributed by atoms with van der Waals surface area (Å²) in [7, 11) is 0. The highest BCUT2D eigenvalue weighted by molar-refractivity contribution is 9.10. The summed E-state index contributed by atoms with van der Waals surface area (Å²) < 4.78 is 6.92. The van der Waals surface area contributed by atoms with Crippen LogP contribution in [0.15, 0.2) is 27.6 Å². The number of benzene rings is 1. The molecule has 0 spiro atoms. The van der Waals surface area contributed by atoms with Crippen LogP contribution in [0.2, 0.25) is 0 Å². The summed E-state index contributed by atoms with van der Waals surface area (Å²) in [5.74, 6) is -0.388. The van der Waals surface area contributed by atoms with Gasteiger partial charge in [0.25, 0.3) is 5.91 Å². The summed E-state index contributed by atoms with van der Waals surface area (Å²) in [6.07, 6.45) is 2.14. The van der Waals surface area contributed by atoms with Crippen molar-refractivity contribution >= 4 is 62.2 Å². The molecule has 2 rings (SSSR count). The van der Waals surface area contributed by atoms with E-state index in [9.17, 15) is 9.59 Å². The van der Waals surface area contributed by atoms with Crippen LogP contribution in [0.4, 0.5) is 0 Å². The highest BCUT2D eigenvalue weighted by Crippen LogP contribution is 2.35. The molecule has 1 heterocycles. The predicted molar refractivity (Wildman–Crippen MR) is 102 cm³/mol. The number of aliphatic carboxylic acids is 1. The van der Waals surface area contributed by atoms with Crippen LogP contribution in [-0.4, -0.2) is 39.4 Å². The number of carboxylic acids is 1. The third-order valence-corrected chi connectivity index (χ3v) is 5.08. The molecule has 1 aliphatic heterocycles. The first kappa shape index (κ1) is 19.0. The molecule has 1 aliphatic rings. The minimum absolute atomic E-state index is 0.0101. The molecule has 1 aromatic rings. The van der Waals surface area contributed by atoms with Crippen LogP contribution < -0.4 is 4.74 Å². The molecular formula is C16H16BrNO4S2. The van der Waals surface area contributed by atoms with Crippen LogP contribution in [0.25, 0.3) is 6.08 Å². The van der Waals surface area contributed by atoms with Crippen molar-refractivity contribution in [1.82, 2.24) is 4.90 Å². The van der Waals surface area contributed by atoms with Gasteiger partial charge in [0.05, 0.1) is 11.5 Å². The number of carboxylic acid groups (broad SMARTS) is 1. The van der Waals surface area contributed by atoms with E-state index in [0.29, 0.717) is 34.5 Å². The van der Waals surface area contributed by atoms with Crippen molar-refractivity contribution in [3.8, 4) is 5.75 Å². The third-order valence-electron chi connectivity index (χ3n) is 3.20. The molecule has 1 saturated heterocycles. The second-order valence-corrected chi connectivity index (χ2v) is 7.54. The van der Waals surface area contributed by atoms with Gasteiger partial charge in [-0.1, -0.05) is 39.9 Å². The molecule has 1 aromatic carbocycles. The number of carbonyl (C=O) groups is 2. The second-order valence-electron chi connectivity index (χ2n) is 4.95. The number of rotatable bonds is 7. The van der Waals surface area contributed by atoms with E-state index in [-0.39, 0.29) is 12.3 Å². The van der Waals surface area contributed by atoms with E-state index in [0.717, 1.165) is 10.0 Å². The molecule has 1 N–H and O–H groups in total. The predicted octanol–water partition coefficient (Wildman–Crippen LogP) is 3.91. The van der Waals surface area contributed by atoms with Gasteiger partial charge in [-0.05, 0) is 37.6 Å². The van der Waals surface area contributed by atoms with Crippen molar-refractivity contribution in [3.05, 3.63) is 33.1 Å². The van der Waals surface area contributed by atoms with Crippen molar-refractivity contribution < 1.29 is 19.4 Å². The SMILES string of the molecule is CCOc1ccc(Br)cc1C=C1SC(=S)N(CCCC(=O)O)C1=O. The van der Waals surface area contributed by atoms with Gasteiger partial charge in [-0.2, -0.15) is 0 Å². The highest BCUT2D eigenvalue weighted by Gasteiger charge is 2.31. The molecule has 0 aliphatic carbocycles. The summed E-state index contributed by atoms with van der Waals surface area (Å²) in [6.45, 7) is 2.73. The van der Waals surface area contributed by atoms with Gasteiger partial charge in [-0.15, -0.1) is 0 Å². The number of thioether (sulfide) groups is 1. The van der Waals surface area contributed by atoms with Gasteiger partial charge in [0.2, 0.25) is 0 Å². The van der Waals surface area contributed by atoms with E-state index in [1.165, 1.54) is 16.7 Å². The smallest absolute Gasteiger partial charge is 0.303 e. The number of amides is 1. The van der Waals surface area contributed by atoms with Gasteiger partial charge in [-0.3, -0.25) is 14.5 Å². The van der Waals surface area contributed by atoms with E-state index < -0.39 is 5.97 Å². The summed E-state index contributed by atoms with van der Waals surface area (Å²) >= 11 is 9.87. The summed E-state index contributed by atoms with van der Waals surface area (Å²) in [6, 6.07) is 5.59. The molecule has 5 nitrogen and oxygen atoms in total. The number of ether oxygens (including phenoxy) is 1. The maximum absolute atomic E-state index is 12.5. The Kier molecular flexibility index (Phi) is 6.82. The highest BCUT2D eigenvalue weighted by atomic mass is 79.9. The molecule has 1 amide bonds. The monoisotopic (exact) mass is 429 g/mol. The van der Waals surface area contributed by atoms with Gasteiger partial charge < -0.3 is 9.84 Å². The Morgan fingerprint density at radius 2 is 2.25 bits per heavy atom. The minimum atomic E-state index is -0.883. The summed E-state index contributed by atoms with van der Waals surface area (Å²) in [4.78, 5) is 25.1. The van der Waals surface area contributed by atoms with Gasteiger partial charge in [-0.25, -0.2) is 0 Å². The Bertz CT molecular complexity index is 705. The normalized spacial score (nSPS) is 16.1. The van der Waals surface area contributed by atoms with Crippen LogP contribution >= 0.6 is 39.9 Å². The number of hydrogen-bond acceptors (Lipinski definition) is 5. The van der Waals surface area contributed by atoms with Crippen LogP contribution in [0, 0.1) is 0 Å². The zero-order chi connectivity index (χ0) is 17.7. The Morgan fingerprint density at radius 1 is 1.50 bits per heavy atom. The number of halogens is 1. The summed E-state index contributed by atoms with van der Waals surface area (Å²) in [5, 5.41) is 8.70. The number of nitrogens with zero attached hydrogens (tertiary/aromatic N) is 1. The van der Waals surface area contributed by atoms with E-state index in [2.05, 4.69) is 15.9 Å². The van der Waals surface area contributed by atoms with Crippen LogP contribution in [0.3, 0.4) is 0 Å². The molecule has 0 unspecified atom stereocenters. The molecule has 0 aromatic heterocycles. The maximum Gasteiger partial charge on any atom is 0.303 e. The molecular weight excluding hydrogens is 414 g/mol. The Morgan fingerprint density at radius 3 is 2.92 bits per heavy atom. The van der Waals surface area contributed by atoms with E-state index in [1.807, 2.05) is 25.1 Å². The van der Waals surface area contributed by atoms with Gasteiger partial charge >= 0.3 is 5.97 Å². The van der Waals surface area contributed by atoms with Crippen molar-refractivity contribution in [1.29, 1.82) is 0 Å². The molecule has 8 heteroatoms. The Hall–Kier alpha value is -1.38. The summed E-state index contributed by atoms with van der Waals surface area (Å²) in [5.41, 5.74) is 0.789. The lowest BCUT2D eigenvalue weighted by molar-refractivity contribution is -0.137. The van der Waals surface area contributed by atoms with Crippen molar-refractivity contribution in [2.24, 2.45) is 0 Å². The number of carbonyl (C=O) groups excluding carboxylic acids is 1. The molecule has 0 radical (unpaired) electrons. The molecule has 0 bridgehead atoms. The third kappa shape index (κ3) is 4.81. The van der Waals surface area contributed by atoms with E-state index in [4.69, 9.17) is 22.1 Å². The van der Waals surface area contributed by atoms with Crippen LogP contribution in [0.1, 0.15) is 25.3 Å². The quantitative estimate of drug-likeness (QED) is 0.523. The van der Waals surface area contributed by atoms with Crippen molar-refractivity contribution in [2.45, 2.75) is 19.8 Å². The van der Waals surface area contributed by atoms with Crippen molar-refractivity contribution in [3.63, 3.8) is 0 Å². The lowest BCUT2D eigenvalue weighted by Gasteiger charge is -2.13. The van der Waals surface area contributed by atoms with Gasteiger partial charge in [0.15, 0.2) is 0 Å². The first-order chi connectivity index (χ1) is 11.4. The van der Waals surface area contributed by atoms with E-state index >= 15 is 0 Å². The number of hydrogen-bond donors (Lipinski definition) is 1. The maximum atomic E-state index is 12.5. The fourth-order valence-corrected chi connectivity index (χ4v) is 3.82. The Balaban J connectivity index is 2.19. The zero-order valence-electron chi connectivity index (χ0n) is 13.0. The first-order valence-corrected chi connectivity index (χ1v) is 9.33. The lowest BCUT2D eigenvalue weighted by atomic mass is 10.2. The molecule has 128 valence electrons. The van der Waals surface area contributed by atoms with Crippen molar-refractivity contribution in [2.75, 3.05) is 13.2 Å². The largest absolute Gasteiger partial charge is 0.493 e. The van der Waals surface area contributed by atoms with Crippen LogP contribution in [0.5, 0.6) is 5.75 Å². The molecule has 24 heavy (non-hydrogen) atoms. The fourth-order valence-electron chi connectivity index (χ4n) is 2.14. The van der Waals surface area contributed by atoms with Crippen LogP contribution in [-0.2, 0) is 9.59 Å². The topological polar surface area (TPSA) is 66.8 Å². The lowest BCUT2D eigenvalue weighted by Crippen LogP contribution is -2.29. The second kappa shape index (κ2) is 8.64. The minimum Gasteiger partial charge on any atom is -0.493 e. The van der Waals surface area contributed by atoms with Gasteiger partial charge in [0.1, 0.15) is 10.1 Å². The standard InChI is InChI=1S/C16H16BrNO4S2/c1-2-22-12-6-5-11(17)8-10(12)9-13-15(21)18(16(23)24-13)7-3-4-14(19)20/h5-6,8-9H,2-4,7H2,1H3,(H,19,20). The fraction of sp³-hybridized carbons (Fsp3) is 0.312. The number of thiocarbonyl (C=S) groups is 1. The van der Waals surface area contributed by atoms with E-state index in [1.54, 1.807) is 6.08 Å². The average Bonchev–Trinajstić information content (AvgIpc) is 2.77. The average molecular weight is 430 g/mol. The molecule has 0 saturated carbocycles. The first-order valence-electron chi connectivity index (χ1n) is 7.32. The Labute approximate surface area is 158 Å². The molecule has 0 atom stereocenters. The van der Waals surface area contributed by atoms with Gasteiger partial charge in [0, 0.05) is 23.0 Å². The zero-order valence-corrected chi connectivity index (χ0v) is 16.2.